The molecule has 2 nitrogen and oxygen atoms in total. The number of aliphatic carboxylic acids is 1. The second-order valence-electron chi connectivity index (χ2n) is 6.35. The average Bonchev–Trinajstić information content (AvgIpc) is 2.50. The highest BCUT2D eigenvalue weighted by atomic mass is 32.2. The Hall–Kier alpha value is -0.180. The number of hydrogen-bond acceptors (Lipinski definition) is 2. The number of rotatable bonds is 18. The minimum Gasteiger partial charge on any atom is -0.481 e. The lowest BCUT2D eigenvalue weighted by atomic mass is 10.1. The van der Waals surface area contributed by atoms with E-state index >= 15 is 0 Å². The summed E-state index contributed by atoms with van der Waals surface area (Å²) in [5.74, 6) is 2.04. The van der Waals surface area contributed by atoms with E-state index in [0.29, 0.717) is 6.42 Å². The van der Waals surface area contributed by atoms with Crippen molar-refractivity contribution in [3.05, 3.63) is 0 Å². The number of thioether (sulfide) groups is 1. The average molecular weight is 331 g/mol. The van der Waals surface area contributed by atoms with Crippen molar-refractivity contribution < 1.29 is 9.90 Å². The van der Waals surface area contributed by atoms with Crippen LogP contribution < -0.4 is 0 Å². The third-order valence-electron chi connectivity index (χ3n) is 4.07. The maximum atomic E-state index is 10.4. The number of hydrogen-bond donors (Lipinski definition) is 1. The van der Waals surface area contributed by atoms with E-state index in [4.69, 9.17) is 5.11 Å². The Balaban J connectivity index is 2.95. The molecule has 22 heavy (non-hydrogen) atoms. The van der Waals surface area contributed by atoms with Crippen molar-refractivity contribution >= 4 is 17.7 Å². The Morgan fingerprint density at radius 1 is 0.682 bits per heavy atom. The van der Waals surface area contributed by atoms with Crippen LogP contribution in [-0.4, -0.2) is 22.6 Å². The summed E-state index contributed by atoms with van der Waals surface area (Å²) in [6.45, 7) is 2.27. The van der Waals surface area contributed by atoms with Gasteiger partial charge in [-0.2, -0.15) is 11.8 Å². The zero-order chi connectivity index (χ0) is 16.3. The molecule has 0 saturated carbocycles. The van der Waals surface area contributed by atoms with E-state index < -0.39 is 5.97 Å². The van der Waals surface area contributed by atoms with Gasteiger partial charge in [-0.1, -0.05) is 77.6 Å². The van der Waals surface area contributed by atoms with E-state index in [1.165, 1.54) is 88.6 Å². The van der Waals surface area contributed by atoms with E-state index in [-0.39, 0.29) is 0 Å². The summed E-state index contributed by atoms with van der Waals surface area (Å²) in [6, 6.07) is 0. The predicted octanol–water partition coefficient (Wildman–Crippen LogP) is 6.68. The molecule has 0 aliphatic rings. The minimum atomic E-state index is -0.654. The summed E-state index contributed by atoms with van der Waals surface area (Å²) in [6.07, 6.45) is 18.6. The number of carboxylic acids is 1. The fourth-order valence-electron chi connectivity index (χ4n) is 2.63. The zero-order valence-electron chi connectivity index (χ0n) is 14.8. The molecular formula is C19H38O2S. The molecule has 0 radical (unpaired) electrons. The monoisotopic (exact) mass is 330 g/mol. The molecule has 3 heteroatoms. The molecule has 0 rings (SSSR count). The first kappa shape index (κ1) is 21.8. The minimum absolute atomic E-state index is 0.343. The Morgan fingerprint density at radius 3 is 1.55 bits per heavy atom. The molecule has 0 aromatic heterocycles. The highest BCUT2D eigenvalue weighted by molar-refractivity contribution is 7.99. The van der Waals surface area contributed by atoms with Crippen LogP contribution in [0.4, 0.5) is 0 Å². The molecule has 0 heterocycles. The topological polar surface area (TPSA) is 37.3 Å². The molecule has 0 atom stereocenters. The summed E-state index contributed by atoms with van der Waals surface area (Å²) in [4.78, 5) is 10.4. The molecule has 0 fully saturated rings. The fourth-order valence-corrected chi connectivity index (χ4v) is 3.65. The van der Waals surface area contributed by atoms with Crippen LogP contribution in [0.15, 0.2) is 0 Å². The predicted molar refractivity (Wildman–Crippen MR) is 99.9 cm³/mol. The fraction of sp³-hybridized carbons (Fsp3) is 0.947. The van der Waals surface area contributed by atoms with E-state index in [1.807, 2.05) is 0 Å². The van der Waals surface area contributed by atoms with E-state index in [9.17, 15) is 4.79 Å². The van der Waals surface area contributed by atoms with Crippen LogP contribution >= 0.6 is 11.8 Å². The van der Waals surface area contributed by atoms with Crippen molar-refractivity contribution in [1.82, 2.24) is 0 Å². The van der Waals surface area contributed by atoms with Gasteiger partial charge in [-0.05, 0) is 30.8 Å². The Kier molecular flexibility index (Phi) is 18.7. The van der Waals surface area contributed by atoms with Crippen LogP contribution in [0.1, 0.15) is 103 Å². The van der Waals surface area contributed by atoms with E-state index in [1.54, 1.807) is 0 Å². The molecule has 0 aromatic carbocycles. The largest absolute Gasteiger partial charge is 0.481 e. The van der Waals surface area contributed by atoms with Crippen LogP contribution in [-0.2, 0) is 4.79 Å². The molecule has 1 N–H and O–H groups in total. The summed E-state index contributed by atoms with van der Waals surface area (Å²) >= 11 is 2.14. The van der Waals surface area contributed by atoms with E-state index in [2.05, 4.69) is 18.7 Å². The van der Waals surface area contributed by atoms with Gasteiger partial charge in [0.2, 0.25) is 0 Å². The molecule has 0 saturated heterocycles. The third kappa shape index (κ3) is 19.8. The summed E-state index contributed by atoms with van der Waals surface area (Å²) in [5, 5.41) is 8.54. The van der Waals surface area contributed by atoms with Gasteiger partial charge >= 0.3 is 5.97 Å². The molecule has 0 aromatic rings. The quantitative estimate of drug-likeness (QED) is 0.285. The SMILES string of the molecule is CCCCCCCCSCCCCCCCCCCC(=O)O. The van der Waals surface area contributed by atoms with Crippen LogP contribution in [0.2, 0.25) is 0 Å². The lowest BCUT2D eigenvalue weighted by Crippen LogP contribution is -1.93. The Labute approximate surface area is 142 Å². The van der Waals surface area contributed by atoms with Crippen molar-refractivity contribution in [2.24, 2.45) is 0 Å². The van der Waals surface area contributed by atoms with Gasteiger partial charge in [0.1, 0.15) is 0 Å². The molecule has 0 amide bonds. The van der Waals surface area contributed by atoms with Gasteiger partial charge in [-0.15, -0.1) is 0 Å². The highest BCUT2D eigenvalue weighted by Gasteiger charge is 1.97. The lowest BCUT2D eigenvalue weighted by Gasteiger charge is -2.03. The van der Waals surface area contributed by atoms with Crippen LogP contribution in [0.5, 0.6) is 0 Å². The first-order chi connectivity index (χ1) is 10.8. The summed E-state index contributed by atoms with van der Waals surface area (Å²) < 4.78 is 0. The van der Waals surface area contributed by atoms with Gasteiger partial charge in [0.15, 0.2) is 0 Å². The van der Waals surface area contributed by atoms with Gasteiger partial charge in [0, 0.05) is 6.42 Å². The molecule has 0 aliphatic heterocycles. The maximum absolute atomic E-state index is 10.4. The number of carbonyl (C=O) groups is 1. The van der Waals surface area contributed by atoms with Crippen LogP contribution in [0.25, 0.3) is 0 Å². The Bertz CT molecular complexity index is 231. The molecule has 0 spiro atoms. The number of carboxylic acid groups (broad SMARTS) is 1. The molecule has 132 valence electrons. The van der Waals surface area contributed by atoms with Crippen molar-refractivity contribution in [3.8, 4) is 0 Å². The summed E-state index contributed by atoms with van der Waals surface area (Å²) in [5.41, 5.74) is 0. The molecule has 0 bridgehead atoms. The zero-order valence-corrected chi connectivity index (χ0v) is 15.6. The lowest BCUT2D eigenvalue weighted by molar-refractivity contribution is -0.137. The van der Waals surface area contributed by atoms with Crippen molar-refractivity contribution in [1.29, 1.82) is 0 Å². The third-order valence-corrected chi connectivity index (χ3v) is 5.23. The molecular weight excluding hydrogens is 292 g/mol. The number of unbranched alkanes of at least 4 members (excludes halogenated alkanes) is 12. The van der Waals surface area contributed by atoms with Gasteiger partial charge in [0.25, 0.3) is 0 Å². The first-order valence-corrected chi connectivity index (χ1v) is 10.7. The van der Waals surface area contributed by atoms with Gasteiger partial charge in [-0.25, -0.2) is 0 Å². The second kappa shape index (κ2) is 18.9. The Morgan fingerprint density at radius 2 is 1.09 bits per heavy atom. The maximum Gasteiger partial charge on any atom is 0.303 e. The van der Waals surface area contributed by atoms with Crippen LogP contribution in [0.3, 0.4) is 0 Å². The van der Waals surface area contributed by atoms with Crippen molar-refractivity contribution in [3.63, 3.8) is 0 Å². The summed E-state index contributed by atoms with van der Waals surface area (Å²) in [7, 11) is 0. The van der Waals surface area contributed by atoms with Gasteiger partial charge in [0.05, 0.1) is 0 Å². The van der Waals surface area contributed by atoms with Gasteiger partial charge < -0.3 is 5.11 Å². The standard InChI is InChI=1S/C19H38O2S/c1-2-3-4-5-11-14-17-22-18-15-12-9-7-6-8-10-13-16-19(20)21/h2-18H2,1H3,(H,20,21). The van der Waals surface area contributed by atoms with E-state index in [0.717, 1.165) is 12.8 Å². The van der Waals surface area contributed by atoms with Crippen LogP contribution in [0, 0.1) is 0 Å². The second-order valence-corrected chi connectivity index (χ2v) is 7.58. The highest BCUT2D eigenvalue weighted by Crippen LogP contribution is 2.14. The van der Waals surface area contributed by atoms with Gasteiger partial charge in [-0.3, -0.25) is 4.79 Å². The van der Waals surface area contributed by atoms with Crippen molar-refractivity contribution in [2.45, 2.75) is 103 Å². The normalized spacial score (nSPS) is 11.0. The van der Waals surface area contributed by atoms with Crippen molar-refractivity contribution in [2.75, 3.05) is 11.5 Å². The molecule has 0 unspecified atom stereocenters. The smallest absolute Gasteiger partial charge is 0.303 e. The molecule has 0 aliphatic carbocycles. The first-order valence-electron chi connectivity index (χ1n) is 9.57.